The molecule has 3 rings (SSSR count). The van der Waals surface area contributed by atoms with E-state index in [1.807, 2.05) is 30.5 Å². The molecule has 5 heteroatoms. The Labute approximate surface area is 132 Å². The molecule has 0 amide bonds. The van der Waals surface area contributed by atoms with Crippen molar-refractivity contribution >= 4 is 11.8 Å². The molecule has 22 heavy (non-hydrogen) atoms. The maximum absolute atomic E-state index is 13.1. The first kappa shape index (κ1) is 14.4. The lowest BCUT2D eigenvalue weighted by molar-refractivity contribution is 0.628. The van der Waals surface area contributed by atoms with E-state index in [2.05, 4.69) is 11.2 Å². The van der Waals surface area contributed by atoms with Crippen molar-refractivity contribution in [1.29, 1.82) is 5.26 Å². The van der Waals surface area contributed by atoms with Gasteiger partial charge in [-0.1, -0.05) is 0 Å². The number of nitrogens with zero attached hydrogens (tertiary/aromatic N) is 3. The van der Waals surface area contributed by atoms with Crippen molar-refractivity contribution in [3.05, 3.63) is 66.1 Å². The van der Waals surface area contributed by atoms with Crippen molar-refractivity contribution in [2.45, 2.75) is 4.90 Å². The first-order valence-corrected chi connectivity index (χ1v) is 7.84. The molecule has 0 spiro atoms. The van der Waals surface area contributed by atoms with Crippen LogP contribution in [0.15, 0.2) is 59.5 Å². The van der Waals surface area contributed by atoms with E-state index in [4.69, 9.17) is 5.26 Å². The van der Waals surface area contributed by atoms with Crippen molar-refractivity contribution in [2.75, 3.05) is 6.26 Å². The Hall–Kier alpha value is -2.58. The summed E-state index contributed by atoms with van der Waals surface area (Å²) in [4.78, 5) is 1.15. The highest BCUT2D eigenvalue weighted by Crippen LogP contribution is 2.25. The van der Waals surface area contributed by atoms with E-state index in [1.165, 1.54) is 12.1 Å². The minimum atomic E-state index is -0.292. The van der Waals surface area contributed by atoms with Crippen LogP contribution in [0.5, 0.6) is 0 Å². The van der Waals surface area contributed by atoms with Crippen LogP contribution in [-0.2, 0) is 0 Å². The normalized spacial score (nSPS) is 10.4. The molecule has 0 atom stereocenters. The standard InChI is InChI=1S/C17H12FN3S/c1-22-16-8-6-15(7-9-16)21-17(10-14(11-19)20-21)12-2-4-13(18)5-3-12/h2-10H,1H3. The molecule has 1 aromatic heterocycles. The number of nitriles is 1. The van der Waals surface area contributed by atoms with Crippen LogP contribution in [0.3, 0.4) is 0 Å². The Morgan fingerprint density at radius 1 is 1.09 bits per heavy atom. The molecule has 108 valence electrons. The van der Waals surface area contributed by atoms with Crippen LogP contribution in [0.2, 0.25) is 0 Å². The Kier molecular flexibility index (Phi) is 3.94. The zero-order valence-corrected chi connectivity index (χ0v) is 12.6. The molecular formula is C17H12FN3S. The van der Waals surface area contributed by atoms with Gasteiger partial charge in [-0.2, -0.15) is 10.4 Å². The lowest BCUT2D eigenvalue weighted by Crippen LogP contribution is -1.99. The summed E-state index contributed by atoms with van der Waals surface area (Å²) in [6.45, 7) is 0. The van der Waals surface area contributed by atoms with Gasteiger partial charge >= 0.3 is 0 Å². The smallest absolute Gasteiger partial charge is 0.163 e. The third-order valence-electron chi connectivity index (χ3n) is 3.28. The van der Waals surface area contributed by atoms with Crippen molar-refractivity contribution in [2.24, 2.45) is 0 Å². The number of rotatable bonds is 3. The van der Waals surface area contributed by atoms with E-state index in [9.17, 15) is 4.39 Å². The lowest BCUT2D eigenvalue weighted by atomic mass is 10.1. The van der Waals surface area contributed by atoms with Crippen LogP contribution in [0, 0.1) is 17.1 Å². The van der Waals surface area contributed by atoms with Gasteiger partial charge in [-0.3, -0.25) is 0 Å². The maximum atomic E-state index is 13.1. The molecule has 0 aliphatic heterocycles. The number of hydrogen-bond donors (Lipinski definition) is 0. The maximum Gasteiger partial charge on any atom is 0.163 e. The van der Waals surface area contributed by atoms with E-state index in [1.54, 1.807) is 34.6 Å². The number of benzene rings is 2. The van der Waals surface area contributed by atoms with Gasteiger partial charge < -0.3 is 0 Å². The van der Waals surface area contributed by atoms with Gasteiger partial charge in [0.15, 0.2) is 5.69 Å². The molecule has 0 bridgehead atoms. The molecule has 0 N–H and O–H groups in total. The van der Waals surface area contributed by atoms with E-state index in [0.717, 1.165) is 21.8 Å². The SMILES string of the molecule is CSc1ccc(-n2nc(C#N)cc2-c2ccc(F)cc2)cc1. The van der Waals surface area contributed by atoms with Gasteiger partial charge in [0, 0.05) is 16.5 Å². The fourth-order valence-corrected chi connectivity index (χ4v) is 2.59. The summed E-state index contributed by atoms with van der Waals surface area (Å²) in [5.41, 5.74) is 2.75. The van der Waals surface area contributed by atoms with E-state index < -0.39 is 0 Å². The molecule has 0 fully saturated rings. The predicted octanol–water partition coefficient (Wildman–Crippen LogP) is 4.27. The van der Waals surface area contributed by atoms with E-state index in [0.29, 0.717) is 5.69 Å². The second-order valence-electron chi connectivity index (χ2n) is 4.64. The molecule has 3 aromatic rings. The predicted molar refractivity (Wildman–Crippen MR) is 85.5 cm³/mol. The second kappa shape index (κ2) is 6.04. The molecule has 0 radical (unpaired) electrons. The van der Waals surface area contributed by atoms with E-state index >= 15 is 0 Å². The van der Waals surface area contributed by atoms with Gasteiger partial charge in [-0.05, 0) is 54.8 Å². The quantitative estimate of drug-likeness (QED) is 0.678. The number of hydrogen-bond acceptors (Lipinski definition) is 3. The first-order valence-electron chi connectivity index (χ1n) is 6.62. The topological polar surface area (TPSA) is 41.6 Å². The minimum absolute atomic E-state index is 0.292. The highest BCUT2D eigenvalue weighted by molar-refractivity contribution is 7.98. The van der Waals surface area contributed by atoms with Crippen LogP contribution in [0.4, 0.5) is 4.39 Å². The molecule has 0 saturated heterocycles. The Balaban J connectivity index is 2.12. The Bertz CT molecular complexity index is 830. The fraction of sp³-hybridized carbons (Fsp3) is 0.0588. The summed E-state index contributed by atoms with van der Waals surface area (Å²) in [6, 6.07) is 17.8. The third-order valence-corrected chi connectivity index (χ3v) is 4.02. The first-order chi connectivity index (χ1) is 10.7. The van der Waals surface area contributed by atoms with Crippen LogP contribution in [0.1, 0.15) is 5.69 Å². The van der Waals surface area contributed by atoms with Gasteiger partial charge in [0.05, 0.1) is 11.4 Å². The van der Waals surface area contributed by atoms with Crippen LogP contribution in [-0.4, -0.2) is 16.0 Å². The number of thioether (sulfide) groups is 1. The van der Waals surface area contributed by atoms with Crippen LogP contribution >= 0.6 is 11.8 Å². The van der Waals surface area contributed by atoms with Gasteiger partial charge in [0.1, 0.15) is 11.9 Å². The van der Waals surface area contributed by atoms with Crippen molar-refractivity contribution in [3.63, 3.8) is 0 Å². The van der Waals surface area contributed by atoms with Crippen molar-refractivity contribution in [3.8, 4) is 23.0 Å². The van der Waals surface area contributed by atoms with Gasteiger partial charge in [0.2, 0.25) is 0 Å². The van der Waals surface area contributed by atoms with Gasteiger partial charge in [0.25, 0.3) is 0 Å². The highest BCUT2D eigenvalue weighted by Gasteiger charge is 2.11. The largest absolute Gasteiger partial charge is 0.232 e. The lowest BCUT2D eigenvalue weighted by Gasteiger charge is -2.08. The summed E-state index contributed by atoms with van der Waals surface area (Å²) in [5.74, 6) is -0.292. The third kappa shape index (κ3) is 2.74. The molecule has 0 aliphatic rings. The summed E-state index contributed by atoms with van der Waals surface area (Å²) in [7, 11) is 0. The van der Waals surface area contributed by atoms with Gasteiger partial charge in [-0.25, -0.2) is 9.07 Å². The molecule has 3 nitrogen and oxygen atoms in total. The summed E-state index contributed by atoms with van der Waals surface area (Å²) in [5, 5.41) is 13.4. The molecule has 0 unspecified atom stereocenters. The zero-order valence-electron chi connectivity index (χ0n) is 11.8. The average molecular weight is 309 g/mol. The molecule has 0 saturated carbocycles. The summed E-state index contributed by atoms with van der Waals surface area (Å²) >= 11 is 1.66. The molecular weight excluding hydrogens is 297 g/mol. The second-order valence-corrected chi connectivity index (χ2v) is 5.52. The molecule has 0 aliphatic carbocycles. The van der Waals surface area contributed by atoms with Crippen molar-refractivity contribution < 1.29 is 4.39 Å². The Morgan fingerprint density at radius 3 is 2.36 bits per heavy atom. The van der Waals surface area contributed by atoms with Crippen molar-refractivity contribution in [1.82, 2.24) is 9.78 Å². The molecule has 2 aromatic carbocycles. The highest BCUT2D eigenvalue weighted by atomic mass is 32.2. The van der Waals surface area contributed by atoms with E-state index in [-0.39, 0.29) is 5.82 Å². The Morgan fingerprint density at radius 2 is 1.77 bits per heavy atom. The van der Waals surface area contributed by atoms with Gasteiger partial charge in [-0.15, -0.1) is 11.8 Å². The van der Waals surface area contributed by atoms with Crippen LogP contribution in [0.25, 0.3) is 16.9 Å². The average Bonchev–Trinajstić information content (AvgIpc) is 3.00. The molecule has 1 heterocycles. The fourth-order valence-electron chi connectivity index (χ4n) is 2.18. The number of aromatic nitrogens is 2. The monoisotopic (exact) mass is 309 g/mol. The number of halogens is 1. The van der Waals surface area contributed by atoms with Crippen LogP contribution < -0.4 is 0 Å². The minimum Gasteiger partial charge on any atom is -0.232 e. The summed E-state index contributed by atoms with van der Waals surface area (Å²) < 4.78 is 14.8. The zero-order chi connectivity index (χ0) is 15.5. The summed E-state index contributed by atoms with van der Waals surface area (Å²) in [6.07, 6.45) is 2.01.